The van der Waals surface area contributed by atoms with Crippen LogP contribution in [0.5, 0.6) is 0 Å². The largest absolute Gasteiger partial charge is 0.390 e. The second-order valence-corrected chi connectivity index (χ2v) is 7.88. The molecule has 0 fully saturated rings. The molecule has 124 valence electrons. The number of sulfone groups is 1. The van der Waals surface area contributed by atoms with Crippen LogP contribution < -0.4 is 0 Å². The maximum atomic E-state index is 12.1. The smallest absolute Gasteiger partial charge is 0.157 e. The van der Waals surface area contributed by atoms with Crippen molar-refractivity contribution in [3.8, 4) is 0 Å². The lowest BCUT2D eigenvalue weighted by Gasteiger charge is -2.12. The molecule has 0 amide bonds. The molecule has 4 nitrogen and oxygen atoms in total. The summed E-state index contributed by atoms with van der Waals surface area (Å²) in [5.74, 6) is -0.454. The van der Waals surface area contributed by atoms with Crippen molar-refractivity contribution >= 4 is 21.4 Å². The van der Waals surface area contributed by atoms with Crippen LogP contribution >= 0.6 is 11.6 Å². The van der Waals surface area contributed by atoms with Gasteiger partial charge in [-0.2, -0.15) is 0 Å². The Morgan fingerprint density at radius 2 is 1.65 bits per heavy atom. The van der Waals surface area contributed by atoms with Gasteiger partial charge in [-0.05, 0) is 23.3 Å². The van der Waals surface area contributed by atoms with Gasteiger partial charge in [0.1, 0.15) is 0 Å². The quantitative estimate of drug-likeness (QED) is 0.791. The van der Waals surface area contributed by atoms with Crippen molar-refractivity contribution in [1.29, 1.82) is 0 Å². The number of halogens is 1. The molecule has 0 aromatic heterocycles. The fourth-order valence-corrected chi connectivity index (χ4v) is 3.75. The fraction of sp³-hybridized carbons (Fsp3) is 0.294. The molecule has 23 heavy (non-hydrogen) atoms. The topological polar surface area (TPSA) is 63.6 Å². The molecule has 0 aliphatic heterocycles. The zero-order valence-corrected chi connectivity index (χ0v) is 14.1. The lowest BCUT2D eigenvalue weighted by molar-refractivity contribution is 0.0390. The van der Waals surface area contributed by atoms with E-state index in [2.05, 4.69) is 0 Å². The molecule has 1 atom stereocenters. The molecule has 0 spiro atoms. The van der Waals surface area contributed by atoms with Gasteiger partial charge in [0.2, 0.25) is 0 Å². The maximum absolute atomic E-state index is 12.1. The highest BCUT2D eigenvalue weighted by Crippen LogP contribution is 2.13. The Labute approximate surface area is 141 Å². The van der Waals surface area contributed by atoms with Gasteiger partial charge in [-0.1, -0.05) is 54.1 Å². The van der Waals surface area contributed by atoms with E-state index >= 15 is 0 Å². The lowest BCUT2D eigenvalue weighted by atomic mass is 10.2. The van der Waals surface area contributed by atoms with E-state index in [1.165, 1.54) is 0 Å². The van der Waals surface area contributed by atoms with Crippen molar-refractivity contribution < 1.29 is 18.3 Å². The van der Waals surface area contributed by atoms with Crippen LogP contribution in [0.25, 0.3) is 0 Å². The molecule has 0 saturated heterocycles. The molecule has 1 N–H and O–H groups in total. The number of ether oxygens (including phenoxy) is 1. The van der Waals surface area contributed by atoms with E-state index in [-0.39, 0.29) is 18.1 Å². The van der Waals surface area contributed by atoms with E-state index in [0.29, 0.717) is 17.2 Å². The number of aliphatic hydroxyl groups is 1. The van der Waals surface area contributed by atoms with Gasteiger partial charge in [-0.3, -0.25) is 0 Å². The molecular weight excluding hydrogens is 336 g/mol. The summed E-state index contributed by atoms with van der Waals surface area (Å²) in [6.07, 6.45) is -1.05. The van der Waals surface area contributed by atoms with E-state index in [9.17, 15) is 13.5 Å². The second kappa shape index (κ2) is 8.45. The predicted octanol–water partition coefficient (Wildman–Crippen LogP) is 2.83. The average Bonchev–Trinajstić information content (AvgIpc) is 2.50. The number of rotatable bonds is 8. The molecule has 6 heteroatoms. The van der Waals surface area contributed by atoms with Crippen LogP contribution in [0.15, 0.2) is 54.6 Å². The summed E-state index contributed by atoms with van der Waals surface area (Å²) in [5.41, 5.74) is 1.62. The van der Waals surface area contributed by atoms with Gasteiger partial charge in [0.15, 0.2) is 9.84 Å². The first-order chi connectivity index (χ1) is 10.9. The number of hydrogen-bond donors (Lipinski definition) is 1. The van der Waals surface area contributed by atoms with Crippen molar-refractivity contribution in [2.75, 3.05) is 12.4 Å². The van der Waals surface area contributed by atoms with E-state index in [1.54, 1.807) is 24.3 Å². The van der Waals surface area contributed by atoms with Crippen LogP contribution in [-0.2, 0) is 26.9 Å². The fourth-order valence-electron chi connectivity index (χ4n) is 2.12. The van der Waals surface area contributed by atoms with Crippen LogP contribution in [0.4, 0.5) is 0 Å². The Hall–Kier alpha value is -1.40. The molecule has 2 aromatic rings. The van der Waals surface area contributed by atoms with E-state index < -0.39 is 15.9 Å². The minimum atomic E-state index is -3.41. The first-order valence-corrected chi connectivity index (χ1v) is 9.39. The van der Waals surface area contributed by atoms with Crippen molar-refractivity contribution in [3.05, 3.63) is 70.7 Å². The van der Waals surface area contributed by atoms with Gasteiger partial charge < -0.3 is 9.84 Å². The van der Waals surface area contributed by atoms with Crippen LogP contribution in [0.2, 0.25) is 5.02 Å². The molecule has 0 heterocycles. The predicted molar refractivity (Wildman–Crippen MR) is 91.0 cm³/mol. The summed E-state index contributed by atoms with van der Waals surface area (Å²) in [6.45, 7) is 0.323. The SMILES string of the molecule is O=S(=O)(Cc1ccc(Cl)cc1)C[C@@H](O)COCc1ccccc1. The molecular formula is C17H19ClO4S. The van der Waals surface area contributed by atoms with Gasteiger partial charge >= 0.3 is 0 Å². The monoisotopic (exact) mass is 354 g/mol. The van der Waals surface area contributed by atoms with Gasteiger partial charge in [-0.15, -0.1) is 0 Å². The Balaban J connectivity index is 1.79. The van der Waals surface area contributed by atoms with Crippen molar-refractivity contribution in [2.24, 2.45) is 0 Å². The summed E-state index contributed by atoms with van der Waals surface area (Å²) in [5, 5.41) is 10.4. The Bertz CT molecular complexity index is 699. The summed E-state index contributed by atoms with van der Waals surface area (Å²) in [7, 11) is -3.41. The third-order valence-corrected chi connectivity index (χ3v) is 5.09. The van der Waals surface area contributed by atoms with Gasteiger partial charge in [0, 0.05) is 5.02 Å². The molecule has 0 unspecified atom stereocenters. The summed E-state index contributed by atoms with van der Waals surface area (Å²) < 4.78 is 29.5. The minimum Gasteiger partial charge on any atom is -0.390 e. The normalized spacial score (nSPS) is 13.0. The molecule has 2 rings (SSSR count). The summed E-state index contributed by atoms with van der Waals surface area (Å²) >= 11 is 5.77. The van der Waals surface area contributed by atoms with Gasteiger partial charge in [-0.25, -0.2) is 8.42 Å². The molecule has 2 aromatic carbocycles. The minimum absolute atomic E-state index is 0.0191. The summed E-state index contributed by atoms with van der Waals surface area (Å²) in [4.78, 5) is 0. The Morgan fingerprint density at radius 3 is 2.30 bits per heavy atom. The van der Waals surface area contributed by atoms with Gasteiger partial charge in [0.05, 0.1) is 30.8 Å². The zero-order valence-electron chi connectivity index (χ0n) is 12.6. The Kier molecular flexibility index (Phi) is 6.59. The highest BCUT2D eigenvalue weighted by atomic mass is 35.5. The molecule has 0 radical (unpaired) electrons. The highest BCUT2D eigenvalue weighted by Gasteiger charge is 2.18. The summed E-state index contributed by atoms with van der Waals surface area (Å²) in [6, 6.07) is 16.1. The molecule has 0 bridgehead atoms. The van der Waals surface area contributed by atoms with Crippen molar-refractivity contribution in [3.63, 3.8) is 0 Å². The number of hydrogen-bond acceptors (Lipinski definition) is 4. The van der Waals surface area contributed by atoms with Crippen molar-refractivity contribution in [2.45, 2.75) is 18.5 Å². The number of aliphatic hydroxyl groups excluding tert-OH is 1. The zero-order chi connectivity index (χ0) is 16.7. The Morgan fingerprint density at radius 1 is 1.00 bits per heavy atom. The third kappa shape index (κ3) is 6.71. The second-order valence-electron chi connectivity index (χ2n) is 5.34. The lowest BCUT2D eigenvalue weighted by Crippen LogP contribution is -2.26. The first-order valence-electron chi connectivity index (χ1n) is 7.19. The molecule has 0 saturated carbocycles. The average molecular weight is 355 g/mol. The number of benzene rings is 2. The van der Waals surface area contributed by atoms with Crippen LogP contribution in [0.1, 0.15) is 11.1 Å². The van der Waals surface area contributed by atoms with Crippen LogP contribution in [0.3, 0.4) is 0 Å². The van der Waals surface area contributed by atoms with E-state index in [4.69, 9.17) is 16.3 Å². The van der Waals surface area contributed by atoms with E-state index in [0.717, 1.165) is 5.56 Å². The molecule has 0 aliphatic carbocycles. The third-order valence-electron chi connectivity index (χ3n) is 3.17. The highest BCUT2D eigenvalue weighted by molar-refractivity contribution is 7.90. The van der Waals surface area contributed by atoms with Crippen molar-refractivity contribution in [1.82, 2.24) is 0 Å². The first kappa shape index (κ1) is 17.9. The standard InChI is InChI=1S/C17H19ClO4S/c18-16-8-6-15(7-9-16)12-23(20,21)13-17(19)11-22-10-14-4-2-1-3-5-14/h1-9,17,19H,10-13H2/t17-/m0/s1. The van der Waals surface area contributed by atoms with E-state index in [1.807, 2.05) is 30.3 Å². The van der Waals surface area contributed by atoms with Gasteiger partial charge in [0.25, 0.3) is 0 Å². The maximum Gasteiger partial charge on any atom is 0.157 e. The van der Waals surface area contributed by atoms with Crippen LogP contribution in [0, 0.1) is 0 Å². The molecule has 0 aliphatic rings. The van der Waals surface area contributed by atoms with Crippen LogP contribution in [-0.4, -0.2) is 32.0 Å².